The van der Waals surface area contributed by atoms with Crippen LogP contribution in [0.2, 0.25) is 0 Å². The lowest BCUT2D eigenvalue weighted by molar-refractivity contribution is 0.210. The van der Waals surface area contributed by atoms with Gasteiger partial charge < -0.3 is 20.0 Å². The van der Waals surface area contributed by atoms with Crippen LogP contribution in [0.1, 0.15) is 45.3 Å². The van der Waals surface area contributed by atoms with Gasteiger partial charge in [-0.3, -0.25) is 4.99 Å². The molecule has 1 aliphatic heterocycles. The second-order valence-electron chi connectivity index (χ2n) is 7.45. The van der Waals surface area contributed by atoms with Crippen molar-refractivity contribution >= 4 is 29.9 Å². The topological polar surface area (TPSA) is 65.7 Å². The molecule has 2 heterocycles. The van der Waals surface area contributed by atoms with Gasteiger partial charge in [0.05, 0.1) is 12.7 Å². The van der Waals surface area contributed by atoms with Gasteiger partial charge in [-0.15, -0.1) is 24.0 Å². The van der Waals surface area contributed by atoms with Crippen molar-refractivity contribution in [2.45, 2.75) is 45.6 Å². The van der Waals surface area contributed by atoms with E-state index in [1.807, 2.05) is 6.20 Å². The zero-order valence-electron chi connectivity index (χ0n) is 15.6. The molecule has 1 aliphatic rings. The Labute approximate surface area is 162 Å². The average molecular weight is 449 g/mol. The first-order valence-corrected chi connectivity index (χ1v) is 8.46. The Morgan fingerprint density at radius 2 is 2.17 bits per heavy atom. The highest BCUT2D eigenvalue weighted by Gasteiger charge is 2.19. The second-order valence-corrected chi connectivity index (χ2v) is 7.45. The quantitative estimate of drug-likeness (QED) is 0.421. The minimum absolute atomic E-state index is 0. The van der Waals surface area contributed by atoms with Crippen LogP contribution in [-0.2, 0) is 12.0 Å². The summed E-state index contributed by atoms with van der Waals surface area (Å²) in [5, 5.41) is 6.68. The SMILES string of the molecule is CN=C(NCc1ncc(C(C)(C)C)o1)NCC1CCCN(C)C1.I. The highest BCUT2D eigenvalue weighted by Crippen LogP contribution is 2.22. The number of halogens is 1. The van der Waals surface area contributed by atoms with Gasteiger partial charge in [-0.2, -0.15) is 0 Å². The largest absolute Gasteiger partial charge is 0.443 e. The number of oxazole rings is 1. The standard InChI is InChI=1S/C17H31N5O.HI/c1-17(2,3)14-10-19-15(23-14)11-21-16(18-4)20-9-13-7-6-8-22(5)12-13;/h10,13H,6-9,11-12H2,1-5H3,(H2,18,20,21);1H. The molecule has 1 fully saturated rings. The number of nitrogens with one attached hydrogen (secondary N) is 2. The van der Waals surface area contributed by atoms with Crippen LogP contribution in [0.25, 0.3) is 0 Å². The Morgan fingerprint density at radius 3 is 2.75 bits per heavy atom. The maximum Gasteiger partial charge on any atom is 0.213 e. The monoisotopic (exact) mass is 449 g/mol. The lowest BCUT2D eigenvalue weighted by Gasteiger charge is -2.30. The minimum Gasteiger partial charge on any atom is -0.443 e. The number of hydrogen-bond donors (Lipinski definition) is 2. The lowest BCUT2D eigenvalue weighted by atomic mass is 9.94. The van der Waals surface area contributed by atoms with Gasteiger partial charge in [-0.05, 0) is 32.4 Å². The van der Waals surface area contributed by atoms with Crippen LogP contribution in [0.15, 0.2) is 15.6 Å². The third-order valence-corrected chi connectivity index (χ3v) is 4.20. The molecule has 24 heavy (non-hydrogen) atoms. The van der Waals surface area contributed by atoms with Gasteiger partial charge in [0, 0.05) is 25.6 Å². The number of hydrogen-bond acceptors (Lipinski definition) is 4. The molecule has 2 rings (SSSR count). The molecule has 7 heteroatoms. The normalized spacial score (nSPS) is 19.7. The molecule has 1 aromatic heterocycles. The number of aliphatic imine (C=N–C) groups is 1. The summed E-state index contributed by atoms with van der Waals surface area (Å²) in [6.07, 6.45) is 4.37. The summed E-state index contributed by atoms with van der Waals surface area (Å²) in [4.78, 5) is 11.0. The molecule has 138 valence electrons. The molecule has 0 saturated carbocycles. The van der Waals surface area contributed by atoms with E-state index in [1.165, 1.54) is 19.4 Å². The summed E-state index contributed by atoms with van der Waals surface area (Å²) in [6.45, 7) is 10.2. The molecule has 2 N–H and O–H groups in total. The van der Waals surface area contributed by atoms with E-state index in [2.05, 4.69) is 53.3 Å². The molecule has 1 saturated heterocycles. The van der Waals surface area contributed by atoms with Crippen LogP contribution in [-0.4, -0.2) is 49.6 Å². The molecule has 0 aliphatic carbocycles. The Morgan fingerprint density at radius 1 is 1.42 bits per heavy atom. The molecular formula is C17H32IN5O. The Hall–Kier alpha value is -0.830. The van der Waals surface area contributed by atoms with Crippen molar-refractivity contribution < 1.29 is 4.42 Å². The van der Waals surface area contributed by atoms with Gasteiger partial charge in [0.1, 0.15) is 5.76 Å². The van der Waals surface area contributed by atoms with E-state index in [-0.39, 0.29) is 29.4 Å². The molecule has 0 bridgehead atoms. The number of piperidine rings is 1. The fraction of sp³-hybridized carbons (Fsp3) is 0.765. The van der Waals surface area contributed by atoms with Gasteiger partial charge >= 0.3 is 0 Å². The van der Waals surface area contributed by atoms with Crippen LogP contribution >= 0.6 is 24.0 Å². The Bertz CT molecular complexity index is 523. The van der Waals surface area contributed by atoms with E-state index in [0.717, 1.165) is 24.8 Å². The zero-order chi connectivity index (χ0) is 16.9. The number of nitrogens with zero attached hydrogens (tertiary/aromatic N) is 3. The fourth-order valence-electron chi connectivity index (χ4n) is 2.80. The van der Waals surface area contributed by atoms with E-state index in [9.17, 15) is 0 Å². The molecular weight excluding hydrogens is 417 g/mol. The van der Waals surface area contributed by atoms with E-state index >= 15 is 0 Å². The van der Waals surface area contributed by atoms with Crippen molar-refractivity contribution in [1.82, 2.24) is 20.5 Å². The van der Waals surface area contributed by atoms with Crippen molar-refractivity contribution in [3.05, 3.63) is 17.8 Å². The molecule has 0 spiro atoms. The number of likely N-dealkylation sites (tertiary alicyclic amines) is 1. The van der Waals surface area contributed by atoms with Crippen LogP contribution in [0, 0.1) is 5.92 Å². The van der Waals surface area contributed by atoms with Crippen molar-refractivity contribution in [3.8, 4) is 0 Å². The Kier molecular flexibility index (Phi) is 8.49. The third-order valence-electron chi connectivity index (χ3n) is 4.20. The summed E-state index contributed by atoms with van der Waals surface area (Å²) in [7, 11) is 3.98. The van der Waals surface area contributed by atoms with Crippen LogP contribution in [0.3, 0.4) is 0 Å². The summed E-state index contributed by atoms with van der Waals surface area (Å²) in [5.74, 6) is 3.08. The molecule has 6 nitrogen and oxygen atoms in total. The van der Waals surface area contributed by atoms with Crippen LogP contribution in [0.4, 0.5) is 0 Å². The second kappa shape index (κ2) is 9.60. The molecule has 0 radical (unpaired) electrons. The lowest BCUT2D eigenvalue weighted by Crippen LogP contribution is -2.43. The van der Waals surface area contributed by atoms with Crippen molar-refractivity contribution in [1.29, 1.82) is 0 Å². The number of aromatic nitrogens is 1. The van der Waals surface area contributed by atoms with Crippen LogP contribution < -0.4 is 10.6 Å². The first-order chi connectivity index (χ1) is 10.9. The van der Waals surface area contributed by atoms with E-state index in [0.29, 0.717) is 18.4 Å². The third kappa shape index (κ3) is 6.58. The molecule has 1 aromatic rings. The van der Waals surface area contributed by atoms with E-state index in [4.69, 9.17) is 4.42 Å². The van der Waals surface area contributed by atoms with Gasteiger partial charge in [-0.25, -0.2) is 4.98 Å². The van der Waals surface area contributed by atoms with Gasteiger partial charge in [0.25, 0.3) is 0 Å². The maximum absolute atomic E-state index is 5.79. The number of rotatable bonds is 4. The molecule has 1 atom stereocenters. The van der Waals surface area contributed by atoms with E-state index < -0.39 is 0 Å². The first kappa shape index (κ1) is 21.2. The highest BCUT2D eigenvalue weighted by atomic mass is 127. The van der Waals surface area contributed by atoms with Crippen molar-refractivity contribution in [2.75, 3.05) is 33.7 Å². The van der Waals surface area contributed by atoms with Gasteiger partial charge in [0.15, 0.2) is 5.96 Å². The predicted octanol–water partition coefficient (Wildman–Crippen LogP) is 2.60. The number of guanidine groups is 1. The van der Waals surface area contributed by atoms with Gasteiger partial charge in [-0.1, -0.05) is 20.8 Å². The predicted molar refractivity (Wildman–Crippen MR) is 109 cm³/mol. The smallest absolute Gasteiger partial charge is 0.213 e. The van der Waals surface area contributed by atoms with E-state index in [1.54, 1.807) is 7.05 Å². The summed E-state index contributed by atoms with van der Waals surface area (Å²) in [6, 6.07) is 0. The summed E-state index contributed by atoms with van der Waals surface area (Å²) >= 11 is 0. The highest BCUT2D eigenvalue weighted by molar-refractivity contribution is 14.0. The first-order valence-electron chi connectivity index (χ1n) is 8.46. The molecule has 1 unspecified atom stereocenters. The summed E-state index contributed by atoms with van der Waals surface area (Å²) < 4.78 is 5.79. The molecule has 0 aromatic carbocycles. The minimum atomic E-state index is -0.0157. The Balaban J connectivity index is 0.00000288. The molecule has 0 amide bonds. The van der Waals surface area contributed by atoms with Gasteiger partial charge in [0.2, 0.25) is 5.89 Å². The average Bonchev–Trinajstić information content (AvgIpc) is 2.96. The van der Waals surface area contributed by atoms with Crippen LogP contribution in [0.5, 0.6) is 0 Å². The fourth-order valence-corrected chi connectivity index (χ4v) is 2.80. The van der Waals surface area contributed by atoms with Crippen molar-refractivity contribution in [2.24, 2.45) is 10.9 Å². The zero-order valence-corrected chi connectivity index (χ0v) is 17.9. The summed E-state index contributed by atoms with van der Waals surface area (Å²) in [5.41, 5.74) is -0.0157. The van der Waals surface area contributed by atoms with Crippen molar-refractivity contribution in [3.63, 3.8) is 0 Å². The maximum atomic E-state index is 5.79.